The molecule has 0 saturated heterocycles. The third kappa shape index (κ3) is 3.19. The fourth-order valence-electron chi connectivity index (χ4n) is 1.98. The van der Waals surface area contributed by atoms with Gasteiger partial charge in [-0.3, -0.25) is 0 Å². The highest BCUT2D eigenvalue weighted by atomic mass is 15.0. The fourth-order valence-corrected chi connectivity index (χ4v) is 1.98. The maximum absolute atomic E-state index is 4.41. The quantitative estimate of drug-likeness (QED) is 0.780. The molecule has 0 aliphatic heterocycles. The monoisotopic (exact) mass is 228 g/mol. The molecule has 0 saturated carbocycles. The van der Waals surface area contributed by atoms with Gasteiger partial charge in [0.2, 0.25) is 0 Å². The number of aromatic nitrogens is 1. The number of nitrogens with zero attached hydrogens (tertiary/aromatic N) is 1. The minimum Gasteiger partial charge on any atom is -0.370 e. The van der Waals surface area contributed by atoms with Crippen molar-refractivity contribution in [3.05, 3.63) is 36.5 Å². The van der Waals surface area contributed by atoms with Gasteiger partial charge >= 0.3 is 0 Å². The van der Waals surface area contributed by atoms with Crippen molar-refractivity contribution in [3.63, 3.8) is 0 Å². The summed E-state index contributed by atoms with van der Waals surface area (Å²) in [5, 5.41) is 5.88. The van der Waals surface area contributed by atoms with Crippen LogP contribution in [0.25, 0.3) is 10.8 Å². The first-order valence-corrected chi connectivity index (χ1v) is 6.35. The summed E-state index contributed by atoms with van der Waals surface area (Å²) < 4.78 is 0. The van der Waals surface area contributed by atoms with Crippen molar-refractivity contribution in [1.82, 2.24) is 4.98 Å². The van der Waals surface area contributed by atoms with E-state index in [4.69, 9.17) is 0 Å². The lowest BCUT2D eigenvalue weighted by atomic mass is 10.1. The van der Waals surface area contributed by atoms with Crippen molar-refractivity contribution in [2.75, 3.05) is 11.9 Å². The minimum absolute atomic E-state index is 0.775. The van der Waals surface area contributed by atoms with E-state index in [1.807, 2.05) is 6.20 Å². The molecule has 17 heavy (non-hydrogen) atoms. The average molecular weight is 228 g/mol. The summed E-state index contributed by atoms with van der Waals surface area (Å²) in [6, 6.07) is 10.4. The van der Waals surface area contributed by atoms with Gasteiger partial charge in [-0.05, 0) is 30.2 Å². The van der Waals surface area contributed by atoms with E-state index >= 15 is 0 Å². The predicted octanol–water partition coefficient (Wildman–Crippen LogP) is 4.08. The summed E-state index contributed by atoms with van der Waals surface area (Å²) >= 11 is 0. The zero-order valence-corrected chi connectivity index (χ0v) is 10.6. The molecule has 2 heteroatoms. The molecule has 0 unspecified atom stereocenters. The number of pyridine rings is 1. The Balaban J connectivity index is 2.03. The summed E-state index contributed by atoms with van der Waals surface area (Å²) in [5.41, 5.74) is 0. The van der Waals surface area contributed by atoms with E-state index in [0.717, 1.165) is 18.3 Å². The van der Waals surface area contributed by atoms with Gasteiger partial charge in [0.05, 0.1) is 0 Å². The number of rotatable bonds is 5. The van der Waals surface area contributed by atoms with E-state index < -0.39 is 0 Å². The van der Waals surface area contributed by atoms with Crippen LogP contribution in [0.1, 0.15) is 26.7 Å². The topological polar surface area (TPSA) is 24.9 Å². The maximum Gasteiger partial charge on any atom is 0.133 e. The number of benzene rings is 1. The number of fused-ring (bicyclic) bond motifs is 1. The second-order valence-electron chi connectivity index (χ2n) is 4.84. The molecule has 1 aromatic carbocycles. The van der Waals surface area contributed by atoms with Crippen LogP contribution < -0.4 is 5.32 Å². The first kappa shape index (κ1) is 11.9. The van der Waals surface area contributed by atoms with Crippen LogP contribution in [0, 0.1) is 5.92 Å². The van der Waals surface area contributed by atoms with Gasteiger partial charge < -0.3 is 5.32 Å². The average Bonchev–Trinajstić information content (AvgIpc) is 2.34. The molecular weight excluding hydrogens is 208 g/mol. The summed E-state index contributed by atoms with van der Waals surface area (Å²) in [7, 11) is 0. The number of nitrogens with one attached hydrogen (secondary N) is 1. The van der Waals surface area contributed by atoms with E-state index in [9.17, 15) is 0 Å². The fraction of sp³-hybridized carbons (Fsp3) is 0.400. The third-order valence-electron chi connectivity index (χ3n) is 2.92. The lowest BCUT2D eigenvalue weighted by Crippen LogP contribution is -2.04. The van der Waals surface area contributed by atoms with Crippen molar-refractivity contribution in [1.29, 1.82) is 0 Å². The molecule has 2 aromatic rings. The highest BCUT2D eigenvalue weighted by Crippen LogP contribution is 2.20. The molecule has 1 aromatic heterocycles. The first-order valence-electron chi connectivity index (χ1n) is 6.35. The van der Waals surface area contributed by atoms with Crippen molar-refractivity contribution in [2.45, 2.75) is 26.7 Å². The van der Waals surface area contributed by atoms with Gasteiger partial charge in [-0.2, -0.15) is 0 Å². The summed E-state index contributed by atoms with van der Waals surface area (Å²) in [4.78, 5) is 4.41. The van der Waals surface area contributed by atoms with Gasteiger partial charge in [-0.15, -0.1) is 0 Å². The normalized spacial score (nSPS) is 11.0. The van der Waals surface area contributed by atoms with E-state index in [-0.39, 0.29) is 0 Å². The van der Waals surface area contributed by atoms with Gasteiger partial charge in [-0.25, -0.2) is 4.98 Å². The molecule has 0 fully saturated rings. The Bertz CT molecular complexity index is 472. The molecule has 0 spiro atoms. The molecule has 2 nitrogen and oxygen atoms in total. The van der Waals surface area contributed by atoms with Crippen LogP contribution in [0.2, 0.25) is 0 Å². The van der Waals surface area contributed by atoms with Crippen LogP contribution in [-0.4, -0.2) is 11.5 Å². The Labute approximate surface area is 103 Å². The van der Waals surface area contributed by atoms with Gasteiger partial charge in [0.15, 0.2) is 0 Å². The van der Waals surface area contributed by atoms with Crippen LogP contribution in [-0.2, 0) is 0 Å². The molecule has 0 aliphatic rings. The molecule has 0 atom stereocenters. The Morgan fingerprint density at radius 3 is 2.82 bits per heavy atom. The van der Waals surface area contributed by atoms with E-state index in [2.05, 4.69) is 54.5 Å². The molecule has 90 valence electrons. The highest BCUT2D eigenvalue weighted by Gasteiger charge is 2.00. The first-order chi connectivity index (χ1) is 8.27. The molecule has 0 amide bonds. The summed E-state index contributed by atoms with van der Waals surface area (Å²) in [5.74, 6) is 1.78. The van der Waals surface area contributed by atoms with Crippen LogP contribution in [0.4, 0.5) is 5.82 Å². The molecule has 0 radical (unpaired) electrons. The predicted molar refractivity (Wildman–Crippen MR) is 74.3 cm³/mol. The van der Waals surface area contributed by atoms with Gasteiger partial charge in [-0.1, -0.05) is 38.1 Å². The van der Waals surface area contributed by atoms with Crippen LogP contribution in [0.3, 0.4) is 0 Å². The summed E-state index contributed by atoms with van der Waals surface area (Å²) in [6.07, 6.45) is 4.33. The number of anilines is 1. The second kappa shape index (κ2) is 5.67. The van der Waals surface area contributed by atoms with Crippen molar-refractivity contribution >= 4 is 16.6 Å². The van der Waals surface area contributed by atoms with E-state index in [1.165, 1.54) is 23.6 Å². The Kier molecular flexibility index (Phi) is 3.97. The smallest absolute Gasteiger partial charge is 0.133 e. The lowest BCUT2D eigenvalue weighted by Gasteiger charge is -2.09. The van der Waals surface area contributed by atoms with Gasteiger partial charge in [0, 0.05) is 18.1 Å². The Morgan fingerprint density at radius 2 is 2.00 bits per heavy atom. The maximum atomic E-state index is 4.41. The van der Waals surface area contributed by atoms with Crippen LogP contribution >= 0.6 is 0 Å². The second-order valence-corrected chi connectivity index (χ2v) is 4.84. The summed E-state index contributed by atoms with van der Waals surface area (Å²) in [6.45, 7) is 5.52. The standard InChI is InChI=1S/C15H20N2/c1-12(2)6-5-10-16-15-14-8-4-3-7-13(14)9-11-17-15/h3-4,7-9,11-12H,5-6,10H2,1-2H3,(H,16,17). The Hall–Kier alpha value is -1.57. The Morgan fingerprint density at radius 1 is 1.18 bits per heavy atom. The lowest BCUT2D eigenvalue weighted by molar-refractivity contribution is 0.567. The molecule has 2 rings (SSSR count). The van der Waals surface area contributed by atoms with E-state index in [0.29, 0.717) is 0 Å². The number of hydrogen-bond donors (Lipinski definition) is 1. The van der Waals surface area contributed by atoms with E-state index in [1.54, 1.807) is 0 Å². The van der Waals surface area contributed by atoms with Crippen molar-refractivity contribution < 1.29 is 0 Å². The molecular formula is C15H20N2. The highest BCUT2D eigenvalue weighted by molar-refractivity contribution is 5.91. The zero-order valence-electron chi connectivity index (χ0n) is 10.6. The molecule has 0 aliphatic carbocycles. The van der Waals surface area contributed by atoms with Gasteiger partial charge in [0.25, 0.3) is 0 Å². The van der Waals surface area contributed by atoms with Gasteiger partial charge in [0.1, 0.15) is 5.82 Å². The molecule has 1 N–H and O–H groups in total. The zero-order chi connectivity index (χ0) is 12.1. The van der Waals surface area contributed by atoms with Crippen LogP contribution in [0.15, 0.2) is 36.5 Å². The van der Waals surface area contributed by atoms with Crippen LogP contribution in [0.5, 0.6) is 0 Å². The molecule has 1 heterocycles. The largest absolute Gasteiger partial charge is 0.370 e. The number of hydrogen-bond acceptors (Lipinski definition) is 2. The SMILES string of the molecule is CC(C)CCCNc1nccc2ccccc12. The minimum atomic E-state index is 0.775. The van der Waals surface area contributed by atoms with Crippen molar-refractivity contribution in [2.24, 2.45) is 5.92 Å². The molecule has 0 bridgehead atoms. The third-order valence-corrected chi connectivity index (χ3v) is 2.92. The van der Waals surface area contributed by atoms with Crippen molar-refractivity contribution in [3.8, 4) is 0 Å².